The molecule has 2 rings (SSSR count). The summed E-state index contributed by atoms with van der Waals surface area (Å²) >= 11 is 0. The van der Waals surface area contributed by atoms with Gasteiger partial charge in [-0.3, -0.25) is 0 Å². The molecule has 0 spiro atoms. The van der Waals surface area contributed by atoms with Gasteiger partial charge in [0.15, 0.2) is 0 Å². The van der Waals surface area contributed by atoms with Crippen LogP contribution in [0.1, 0.15) is 18.9 Å². The Morgan fingerprint density at radius 3 is 3.00 bits per heavy atom. The normalized spacial score (nSPS) is 19.2. The number of para-hydroxylation sites is 1. The van der Waals surface area contributed by atoms with Gasteiger partial charge in [0.05, 0.1) is 0 Å². The van der Waals surface area contributed by atoms with E-state index >= 15 is 0 Å². The minimum Gasteiger partial charge on any atom is -0.485 e. The molecule has 0 amide bonds. The third kappa shape index (κ3) is 1.58. The van der Waals surface area contributed by atoms with E-state index < -0.39 is 0 Å². The molecule has 1 aliphatic heterocycles. The van der Waals surface area contributed by atoms with Crippen LogP contribution in [-0.2, 0) is 0 Å². The van der Waals surface area contributed by atoms with E-state index in [2.05, 4.69) is 25.6 Å². The molecule has 0 aliphatic carbocycles. The fraction of sp³-hybridized carbons (Fsp3) is 0.231. The predicted molar refractivity (Wildman–Crippen MR) is 59.3 cm³/mol. The van der Waals surface area contributed by atoms with Crippen LogP contribution in [0.4, 0.5) is 0 Å². The van der Waals surface area contributed by atoms with E-state index in [1.807, 2.05) is 24.3 Å². The Morgan fingerprint density at radius 1 is 1.43 bits per heavy atom. The van der Waals surface area contributed by atoms with Crippen molar-refractivity contribution in [1.29, 1.82) is 0 Å². The molecular weight excluding hydrogens is 172 g/mol. The highest BCUT2D eigenvalue weighted by Crippen LogP contribution is 2.31. The van der Waals surface area contributed by atoms with Gasteiger partial charge in [-0.15, -0.1) is 6.58 Å². The monoisotopic (exact) mass is 186 g/mol. The van der Waals surface area contributed by atoms with Crippen LogP contribution in [0.15, 0.2) is 43.0 Å². The number of allylic oxidation sites excluding steroid dienone is 1. The van der Waals surface area contributed by atoms with E-state index in [0.29, 0.717) is 0 Å². The molecule has 0 bridgehead atoms. The van der Waals surface area contributed by atoms with Crippen molar-refractivity contribution in [2.45, 2.75) is 19.4 Å². The van der Waals surface area contributed by atoms with Crippen molar-refractivity contribution in [2.75, 3.05) is 0 Å². The lowest BCUT2D eigenvalue weighted by atomic mass is 10.0. The SMILES string of the molecule is C=CCC1C=C(C)c2ccccc2O1. The van der Waals surface area contributed by atoms with Crippen molar-refractivity contribution in [3.63, 3.8) is 0 Å². The summed E-state index contributed by atoms with van der Waals surface area (Å²) in [5, 5.41) is 0. The van der Waals surface area contributed by atoms with Gasteiger partial charge in [0.25, 0.3) is 0 Å². The molecule has 1 unspecified atom stereocenters. The Hall–Kier alpha value is -1.50. The van der Waals surface area contributed by atoms with Gasteiger partial charge in [0, 0.05) is 12.0 Å². The lowest BCUT2D eigenvalue weighted by Gasteiger charge is -2.23. The maximum atomic E-state index is 5.80. The average molecular weight is 186 g/mol. The van der Waals surface area contributed by atoms with E-state index in [-0.39, 0.29) is 6.10 Å². The second-order valence-electron chi connectivity index (χ2n) is 3.53. The highest BCUT2D eigenvalue weighted by molar-refractivity contribution is 5.71. The van der Waals surface area contributed by atoms with Gasteiger partial charge in [0.2, 0.25) is 0 Å². The lowest BCUT2D eigenvalue weighted by Crippen LogP contribution is -2.17. The fourth-order valence-corrected chi connectivity index (χ4v) is 1.74. The number of fused-ring (bicyclic) bond motifs is 1. The minimum atomic E-state index is 0.155. The minimum absolute atomic E-state index is 0.155. The van der Waals surface area contributed by atoms with Gasteiger partial charge in [-0.2, -0.15) is 0 Å². The molecule has 1 heteroatoms. The largest absolute Gasteiger partial charge is 0.485 e. The number of rotatable bonds is 2. The molecule has 0 N–H and O–H groups in total. The third-order valence-corrected chi connectivity index (χ3v) is 2.43. The maximum absolute atomic E-state index is 5.80. The molecule has 72 valence electrons. The zero-order valence-electron chi connectivity index (χ0n) is 8.36. The Morgan fingerprint density at radius 2 is 2.21 bits per heavy atom. The van der Waals surface area contributed by atoms with Crippen LogP contribution < -0.4 is 4.74 Å². The first kappa shape index (κ1) is 9.07. The summed E-state index contributed by atoms with van der Waals surface area (Å²) in [5.74, 6) is 0.986. The van der Waals surface area contributed by atoms with Gasteiger partial charge in [-0.1, -0.05) is 24.3 Å². The fourth-order valence-electron chi connectivity index (χ4n) is 1.74. The quantitative estimate of drug-likeness (QED) is 0.643. The molecule has 1 heterocycles. The maximum Gasteiger partial charge on any atom is 0.127 e. The molecule has 0 fully saturated rings. The van der Waals surface area contributed by atoms with E-state index in [0.717, 1.165) is 12.2 Å². The van der Waals surface area contributed by atoms with Crippen molar-refractivity contribution in [1.82, 2.24) is 0 Å². The predicted octanol–water partition coefficient (Wildman–Crippen LogP) is 3.43. The highest BCUT2D eigenvalue weighted by atomic mass is 16.5. The molecule has 1 aliphatic rings. The molecule has 1 aromatic rings. The summed E-state index contributed by atoms with van der Waals surface area (Å²) in [6, 6.07) is 8.14. The summed E-state index contributed by atoms with van der Waals surface area (Å²) < 4.78 is 5.80. The summed E-state index contributed by atoms with van der Waals surface area (Å²) in [4.78, 5) is 0. The van der Waals surface area contributed by atoms with Crippen LogP contribution in [0.3, 0.4) is 0 Å². The Labute approximate surface area is 84.7 Å². The molecule has 0 saturated carbocycles. The van der Waals surface area contributed by atoms with Crippen molar-refractivity contribution in [3.05, 3.63) is 48.6 Å². The number of ether oxygens (including phenoxy) is 1. The second kappa shape index (κ2) is 3.70. The Balaban J connectivity index is 2.34. The van der Waals surface area contributed by atoms with Gasteiger partial charge in [0.1, 0.15) is 11.9 Å². The topological polar surface area (TPSA) is 9.23 Å². The zero-order chi connectivity index (χ0) is 9.97. The number of hydrogen-bond acceptors (Lipinski definition) is 1. The molecular formula is C13H14O. The first-order valence-corrected chi connectivity index (χ1v) is 4.86. The molecule has 0 radical (unpaired) electrons. The third-order valence-electron chi connectivity index (χ3n) is 2.43. The first-order valence-electron chi connectivity index (χ1n) is 4.86. The summed E-state index contributed by atoms with van der Waals surface area (Å²) in [5.41, 5.74) is 2.49. The van der Waals surface area contributed by atoms with E-state index in [1.165, 1.54) is 11.1 Å². The van der Waals surface area contributed by atoms with Gasteiger partial charge in [-0.05, 0) is 24.6 Å². The number of hydrogen-bond donors (Lipinski definition) is 0. The van der Waals surface area contributed by atoms with Crippen LogP contribution in [0, 0.1) is 0 Å². The van der Waals surface area contributed by atoms with E-state index in [9.17, 15) is 0 Å². The standard InChI is InChI=1S/C13H14O/c1-3-6-11-9-10(2)12-7-4-5-8-13(12)14-11/h3-5,7-9,11H,1,6H2,2H3. The van der Waals surface area contributed by atoms with Crippen LogP contribution >= 0.6 is 0 Å². The lowest BCUT2D eigenvalue weighted by molar-refractivity contribution is 0.248. The number of benzene rings is 1. The Kier molecular flexibility index (Phi) is 2.40. The molecule has 0 saturated heterocycles. The first-order chi connectivity index (χ1) is 6.81. The zero-order valence-corrected chi connectivity index (χ0v) is 8.36. The second-order valence-corrected chi connectivity index (χ2v) is 3.53. The molecule has 1 nitrogen and oxygen atoms in total. The molecule has 1 aromatic carbocycles. The summed E-state index contributed by atoms with van der Waals surface area (Å²) in [6.45, 7) is 5.85. The van der Waals surface area contributed by atoms with Crippen LogP contribution in [0.25, 0.3) is 5.57 Å². The van der Waals surface area contributed by atoms with Crippen LogP contribution in [-0.4, -0.2) is 6.10 Å². The van der Waals surface area contributed by atoms with E-state index in [4.69, 9.17) is 4.74 Å². The van der Waals surface area contributed by atoms with Gasteiger partial charge < -0.3 is 4.74 Å². The average Bonchev–Trinajstić information content (AvgIpc) is 2.18. The molecule has 0 aromatic heterocycles. The van der Waals surface area contributed by atoms with Gasteiger partial charge >= 0.3 is 0 Å². The summed E-state index contributed by atoms with van der Waals surface area (Å²) in [7, 11) is 0. The van der Waals surface area contributed by atoms with Crippen molar-refractivity contribution in [3.8, 4) is 5.75 Å². The Bertz CT molecular complexity index is 377. The van der Waals surface area contributed by atoms with Crippen molar-refractivity contribution >= 4 is 5.57 Å². The van der Waals surface area contributed by atoms with Crippen molar-refractivity contribution < 1.29 is 4.74 Å². The highest BCUT2D eigenvalue weighted by Gasteiger charge is 2.16. The van der Waals surface area contributed by atoms with Gasteiger partial charge in [-0.25, -0.2) is 0 Å². The summed E-state index contributed by atoms with van der Waals surface area (Å²) in [6.07, 6.45) is 5.07. The van der Waals surface area contributed by atoms with Crippen LogP contribution in [0.2, 0.25) is 0 Å². The molecule has 1 atom stereocenters. The smallest absolute Gasteiger partial charge is 0.127 e. The van der Waals surface area contributed by atoms with Crippen LogP contribution in [0.5, 0.6) is 5.75 Å². The van der Waals surface area contributed by atoms with E-state index in [1.54, 1.807) is 0 Å². The molecule has 14 heavy (non-hydrogen) atoms. The van der Waals surface area contributed by atoms with Crippen molar-refractivity contribution in [2.24, 2.45) is 0 Å².